The molecule has 0 saturated carbocycles. The van der Waals surface area contributed by atoms with E-state index in [2.05, 4.69) is 5.32 Å². The van der Waals surface area contributed by atoms with Crippen molar-refractivity contribution in [2.75, 3.05) is 5.32 Å². The standard InChI is InChI=1S/C15H15F2N/c1-10-3-5-13(16)7-12(10)9-18-15-8-14(17)6-4-11(15)2/h3-8,18H,9H2,1-2H3. The second-order valence-corrected chi connectivity index (χ2v) is 4.38. The molecule has 2 aromatic rings. The molecule has 2 aromatic carbocycles. The lowest BCUT2D eigenvalue weighted by Gasteiger charge is -2.11. The van der Waals surface area contributed by atoms with Crippen molar-refractivity contribution in [2.45, 2.75) is 20.4 Å². The third-order valence-corrected chi connectivity index (χ3v) is 2.98. The van der Waals surface area contributed by atoms with Crippen molar-refractivity contribution in [1.82, 2.24) is 0 Å². The van der Waals surface area contributed by atoms with Crippen LogP contribution in [0.5, 0.6) is 0 Å². The van der Waals surface area contributed by atoms with Crippen LogP contribution in [0.2, 0.25) is 0 Å². The summed E-state index contributed by atoms with van der Waals surface area (Å²) in [5.41, 5.74) is 3.58. The third kappa shape index (κ3) is 2.86. The van der Waals surface area contributed by atoms with E-state index in [-0.39, 0.29) is 11.6 Å². The van der Waals surface area contributed by atoms with Crippen LogP contribution in [0, 0.1) is 25.5 Å². The van der Waals surface area contributed by atoms with Gasteiger partial charge in [-0.15, -0.1) is 0 Å². The Morgan fingerprint density at radius 1 is 0.889 bits per heavy atom. The molecule has 2 rings (SSSR count). The average Bonchev–Trinajstić information content (AvgIpc) is 2.34. The molecule has 3 heteroatoms. The van der Waals surface area contributed by atoms with Gasteiger partial charge in [-0.2, -0.15) is 0 Å². The van der Waals surface area contributed by atoms with E-state index in [1.54, 1.807) is 12.1 Å². The zero-order valence-electron chi connectivity index (χ0n) is 10.4. The van der Waals surface area contributed by atoms with E-state index in [0.717, 1.165) is 22.4 Å². The number of hydrogen-bond donors (Lipinski definition) is 1. The topological polar surface area (TPSA) is 12.0 Å². The third-order valence-electron chi connectivity index (χ3n) is 2.98. The fourth-order valence-corrected chi connectivity index (χ4v) is 1.81. The van der Waals surface area contributed by atoms with Crippen molar-refractivity contribution >= 4 is 5.69 Å². The molecule has 0 bridgehead atoms. The van der Waals surface area contributed by atoms with Crippen molar-refractivity contribution < 1.29 is 8.78 Å². The first-order valence-electron chi connectivity index (χ1n) is 5.81. The Bertz CT molecular complexity index is 513. The second kappa shape index (κ2) is 5.17. The number of aryl methyl sites for hydroxylation is 2. The summed E-state index contributed by atoms with van der Waals surface area (Å²) in [6.07, 6.45) is 0. The summed E-state index contributed by atoms with van der Waals surface area (Å²) in [5, 5.41) is 3.13. The van der Waals surface area contributed by atoms with E-state index in [9.17, 15) is 8.78 Å². The van der Waals surface area contributed by atoms with Crippen molar-refractivity contribution in [2.24, 2.45) is 0 Å². The molecule has 0 radical (unpaired) electrons. The zero-order chi connectivity index (χ0) is 13.1. The molecule has 0 aromatic heterocycles. The van der Waals surface area contributed by atoms with E-state index >= 15 is 0 Å². The van der Waals surface area contributed by atoms with Crippen LogP contribution in [-0.2, 0) is 6.54 Å². The molecular formula is C15H15F2N. The van der Waals surface area contributed by atoms with Crippen molar-refractivity contribution in [3.8, 4) is 0 Å². The lowest BCUT2D eigenvalue weighted by Crippen LogP contribution is -2.03. The van der Waals surface area contributed by atoms with Gasteiger partial charge < -0.3 is 5.32 Å². The number of nitrogens with one attached hydrogen (secondary N) is 1. The first-order valence-corrected chi connectivity index (χ1v) is 5.81. The average molecular weight is 247 g/mol. The molecule has 0 aliphatic heterocycles. The van der Waals surface area contributed by atoms with Gasteiger partial charge in [-0.25, -0.2) is 8.78 Å². The summed E-state index contributed by atoms with van der Waals surface area (Å²) in [7, 11) is 0. The zero-order valence-corrected chi connectivity index (χ0v) is 10.4. The molecule has 0 fully saturated rings. The lowest BCUT2D eigenvalue weighted by atomic mass is 10.1. The van der Waals surface area contributed by atoms with Crippen LogP contribution in [-0.4, -0.2) is 0 Å². The number of anilines is 1. The van der Waals surface area contributed by atoms with E-state index in [1.165, 1.54) is 24.3 Å². The van der Waals surface area contributed by atoms with Gasteiger partial charge in [0.15, 0.2) is 0 Å². The summed E-state index contributed by atoms with van der Waals surface area (Å²) in [6, 6.07) is 9.27. The predicted molar refractivity (Wildman–Crippen MR) is 69.6 cm³/mol. The van der Waals surface area contributed by atoms with Crippen LogP contribution < -0.4 is 5.32 Å². The molecule has 1 N–H and O–H groups in total. The van der Waals surface area contributed by atoms with Gasteiger partial charge in [-0.1, -0.05) is 12.1 Å². The maximum Gasteiger partial charge on any atom is 0.125 e. The molecule has 0 unspecified atom stereocenters. The molecule has 0 aliphatic carbocycles. The second-order valence-electron chi connectivity index (χ2n) is 4.38. The molecule has 0 heterocycles. The minimum absolute atomic E-state index is 0.256. The Morgan fingerprint density at radius 2 is 1.50 bits per heavy atom. The van der Waals surface area contributed by atoms with Crippen LogP contribution in [0.25, 0.3) is 0 Å². The molecule has 0 atom stereocenters. The van der Waals surface area contributed by atoms with E-state index in [1.807, 2.05) is 13.8 Å². The van der Waals surface area contributed by atoms with Gasteiger partial charge in [-0.05, 0) is 54.8 Å². The predicted octanol–water partition coefficient (Wildman–Crippen LogP) is 4.19. The minimum Gasteiger partial charge on any atom is -0.381 e. The molecule has 94 valence electrons. The normalized spacial score (nSPS) is 10.4. The van der Waals surface area contributed by atoms with Crippen molar-refractivity contribution in [1.29, 1.82) is 0 Å². The van der Waals surface area contributed by atoms with Crippen LogP contribution in [0.3, 0.4) is 0 Å². The minimum atomic E-state index is -0.279. The maximum absolute atomic E-state index is 13.1. The smallest absolute Gasteiger partial charge is 0.125 e. The Labute approximate surface area is 105 Å². The highest BCUT2D eigenvalue weighted by Crippen LogP contribution is 2.18. The van der Waals surface area contributed by atoms with Crippen molar-refractivity contribution in [3.63, 3.8) is 0 Å². The quantitative estimate of drug-likeness (QED) is 0.857. The SMILES string of the molecule is Cc1ccc(F)cc1CNc1cc(F)ccc1C. The largest absolute Gasteiger partial charge is 0.381 e. The number of halogens is 2. The Morgan fingerprint density at radius 3 is 2.22 bits per heavy atom. The fraction of sp³-hybridized carbons (Fsp3) is 0.200. The van der Waals surface area contributed by atoms with Gasteiger partial charge in [0.25, 0.3) is 0 Å². The van der Waals surface area contributed by atoms with Gasteiger partial charge in [0.05, 0.1) is 0 Å². The van der Waals surface area contributed by atoms with E-state index < -0.39 is 0 Å². The van der Waals surface area contributed by atoms with Crippen molar-refractivity contribution in [3.05, 3.63) is 64.7 Å². The molecule has 0 aliphatic rings. The van der Waals surface area contributed by atoms with Crippen LogP contribution >= 0.6 is 0 Å². The highest BCUT2D eigenvalue weighted by atomic mass is 19.1. The highest BCUT2D eigenvalue weighted by Gasteiger charge is 2.03. The summed E-state index contributed by atoms with van der Waals surface area (Å²) in [4.78, 5) is 0. The summed E-state index contributed by atoms with van der Waals surface area (Å²) in [6.45, 7) is 4.31. The molecule has 0 amide bonds. The van der Waals surface area contributed by atoms with Crippen LogP contribution in [0.1, 0.15) is 16.7 Å². The molecule has 0 spiro atoms. The van der Waals surface area contributed by atoms with Crippen LogP contribution in [0.15, 0.2) is 36.4 Å². The fourth-order valence-electron chi connectivity index (χ4n) is 1.81. The molecule has 0 saturated heterocycles. The number of rotatable bonds is 3. The molecule has 1 nitrogen and oxygen atoms in total. The Kier molecular flexibility index (Phi) is 3.60. The monoisotopic (exact) mass is 247 g/mol. The number of hydrogen-bond acceptors (Lipinski definition) is 1. The first kappa shape index (κ1) is 12.6. The van der Waals surface area contributed by atoms with E-state index in [0.29, 0.717) is 6.54 Å². The van der Waals surface area contributed by atoms with E-state index in [4.69, 9.17) is 0 Å². The highest BCUT2D eigenvalue weighted by molar-refractivity contribution is 5.51. The van der Waals surface area contributed by atoms with Gasteiger partial charge in [0.1, 0.15) is 11.6 Å². The van der Waals surface area contributed by atoms with Gasteiger partial charge >= 0.3 is 0 Å². The van der Waals surface area contributed by atoms with Gasteiger partial charge in [0.2, 0.25) is 0 Å². The first-order chi connectivity index (χ1) is 8.56. The Hall–Kier alpha value is -1.90. The number of benzene rings is 2. The maximum atomic E-state index is 13.1. The summed E-state index contributed by atoms with van der Waals surface area (Å²) < 4.78 is 26.2. The summed E-state index contributed by atoms with van der Waals surface area (Å²) in [5.74, 6) is -0.535. The molecular weight excluding hydrogens is 232 g/mol. The Balaban J connectivity index is 2.16. The lowest BCUT2D eigenvalue weighted by molar-refractivity contribution is 0.624. The summed E-state index contributed by atoms with van der Waals surface area (Å²) >= 11 is 0. The van der Waals surface area contributed by atoms with Crippen LogP contribution in [0.4, 0.5) is 14.5 Å². The molecule has 18 heavy (non-hydrogen) atoms. The van der Waals surface area contributed by atoms with Gasteiger partial charge in [0, 0.05) is 12.2 Å². The van der Waals surface area contributed by atoms with Gasteiger partial charge in [-0.3, -0.25) is 0 Å².